The monoisotopic (exact) mass is 583 g/mol. The number of aromatic nitrogens is 3. The lowest BCUT2D eigenvalue weighted by Gasteiger charge is -2.14. The summed E-state index contributed by atoms with van der Waals surface area (Å²) in [5.41, 5.74) is -2.55. The number of nitrogens with zero attached hydrogens (tertiary/aromatic N) is 2. The summed E-state index contributed by atoms with van der Waals surface area (Å²) in [6.45, 7) is 1.50. The molecule has 2 aromatic carbocycles. The highest BCUT2D eigenvalue weighted by Crippen LogP contribution is 2.36. The number of aromatic amines is 1. The average molecular weight is 584 g/mol. The highest BCUT2D eigenvalue weighted by molar-refractivity contribution is 7.92. The average Bonchev–Trinajstić information content (AvgIpc) is 3.32. The minimum Gasteiger partial charge on any atom is -0.480 e. The number of sulfonamides is 1. The lowest BCUT2D eigenvalue weighted by molar-refractivity contribution is 0.0931. The van der Waals surface area contributed by atoms with E-state index in [2.05, 4.69) is 20.5 Å². The van der Waals surface area contributed by atoms with Crippen molar-refractivity contribution < 1.29 is 36.2 Å². The zero-order valence-corrected chi connectivity index (χ0v) is 21.9. The summed E-state index contributed by atoms with van der Waals surface area (Å²) in [4.78, 5) is 15.8. The zero-order valence-electron chi connectivity index (χ0n) is 20.4. The van der Waals surface area contributed by atoms with Gasteiger partial charge in [-0.05, 0) is 37.6 Å². The molecule has 0 aliphatic heterocycles. The Labute approximate surface area is 225 Å². The van der Waals surface area contributed by atoms with Crippen molar-refractivity contribution in [1.82, 2.24) is 20.5 Å². The lowest BCUT2D eigenvalue weighted by Crippen LogP contribution is -2.33. The van der Waals surface area contributed by atoms with Crippen molar-refractivity contribution in [2.45, 2.75) is 24.3 Å². The number of benzene rings is 2. The zero-order chi connectivity index (χ0) is 28.5. The van der Waals surface area contributed by atoms with Gasteiger partial charge in [0.25, 0.3) is 15.9 Å². The Hall–Kier alpha value is -3.88. The van der Waals surface area contributed by atoms with Gasteiger partial charge >= 0.3 is 0 Å². The first-order valence-corrected chi connectivity index (χ1v) is 13.1. The first kappa shape index (κ1) is 28.1. The van der Waals surface area contributed by atoms with Gasteiger partial charge in [-0.25, -0.2) is 26.6 Å². The van der Waals surface area contributed by atoms with Gasteiger partial charge in [-0.1, -0.05) is 17.7 Å². The van der Waals surface area contributed by atoms with Crippen LogP contribution in [0.25, 0.3) is 22.0 Å². The molecule has 0 aliphatic carbocycles. The SMILES string of the molecule is COc1ncc(Cl)cc1S(=O)(=O)Nc1ccc(F)c(-c2ccc3c(C(=O)NC(C)CCO)n[nH]c3c2F)c1F. The summed E-state index contributed by atoms with van der Waals surface area (Å²) in [6, 6.07) is 4.53. The molecule has 4 N–H and O–H groups in total. The third-order valence-electron chi connectivity index (χ3n) is 5.70. The first-order valence-electron chi connectivity index (χ1n) is 11.3. The molecule has 0 saturated heterocycles. The van der Waals surface area contributed by atoms with E-state index in [1.807, 2.05) is 4.72 Å². The number of fused-ring (bicyclic) bond motifs is 1. The van der Waals surface area contributed by atoms with Crippen molar-refractivity contribution in [1.29, 1.82) is 0 Å². The van der Waals surface area contributed by atoms with Crippen molar-refractivity contribution in [2.24, 2.45) is 0 Å². The van der Waals surface area contributed by atoms with Crippen LogP contribution >= 0.6 is 11.6 Å². The number of rotatable bonds is 9. The number of amides is 1. The molecule has 2 aromatic heterocycles. The van der Waals surface area contributed by atoms with Gasteiger partial charge in [-0.15, -0.1) is 0 Å². The summed E-state index contributed by atoms with van der Waals surface area (Å²) in [5.74, 6) is -4.67. The predicted octanol–water partition coefficient (Wildman–Crippen LogP) is 4.01. The number of hydrogen-bond acceptors (Lipinski definition) is 7. The first-order chi connectivity index (χ1) is 18.5. The van der Waals surface area contributed by atoms with Crippen LogP contribution in [-0.2, 0) is 10.0 Å². The van der Waals surface area contributed by atoms with Gasteiger partial charge in [0, 0.05) is 29.8 Å². The molecular formula is C24H21ClF3N5O5S. The molecule has 4 aromatic rings. The Bertz CT molecular complexity index is 1680. The van der Waals surface area contributed by atoms with Crippen molar-refractivity contribution in [3.05, 3.63) is 64.7 Å². The summed E-state index contributed by atoms with van der Waals surface area (Å²) < 4.78 is 78.7. The Balaban J connectivity index is 1.74. The largest absolute Gasteiger partial charge is 0.480 e. The second-order valence-corrected chi connectivity index (χ2v) is 10.4. The number of anilines is 1. The van der Waals surface area contributed by atoms with Crippen molar-refractivity contribution in [3.8, 4) is 17.0 Å². The van der Waals surface area contributed by atoms with Crippen LogP contribution in [-0.4, -0.2) is 54.4 Å². The number of pyridine rings is 1. The molecule has 0 bridgehead atoms. The molecule has 0 aliphatic rings. The number of H-pyrrole nitrogens is 1. The number of hydrogen-bond donors (Lipinski definition) is 4. The standard InChI is InChI=1S/C24H21ClF3N5O5S/c1-11(7-8-34)30-23(35)22-14-4-3-13(19(27)21(14)31-32-22)18-15(26)5-6-16(20(18)28)33-39(36,37)17-9-12(25)10-29-24(17)38-2/h3-6,9-11,33-34H,7-8H2,1-2H3,(H,30,35)(H,31,32). The van der Waals surface area contributed by atoms with Gasteiger partial charge in [0.05, 0.1) is 23.4 Å². The molecule has 0 saturated carbocycles. The van der Waals surface area contributed by atoms with Crippen LogP contribution in [0.15, 0.2) is 41.4 Å². The van der Waals surface area contributed by atoms with Gasteiger partial charge in [0.1, 0.15) is 11.3 Å². The van der Waals surface area contributed by atoms with Crippen molar-refractivity contribution >= 4 is 44.1 Å². The number of nitrogens with one attached hydrogen (secondary N) is 3. The van der Waals surface area contributed by atoms with Crippen LogP contribution < -0.4 is 14.8 Å². The molecule has 1 amide bonds. The molecular weight excluding hydrogens is 563 g/mol. The van der Waals surface area contributed by atoms with E-state index in [0.717, 1.165) is 30.5 Å². The Morgan fingerprint density at radius 3 is 2.64 bits per heavy atom. The molecule has 206 valence electrons. The third-order valence-corrected chi connectivity index (χ3v) is 7.27. The molecule has 2 heterocycles. The summed E-state index contributed by atoms with van der Waals surface area (Å²) in [5, 5.41) is 17.8. The van der Waals surface area contributed by atoms with Gasteiger partial charge < -0.3 is 15.2 Å². The second-order valence-electron chi connectivity index (χ2n) is 8.36. The predicted molar refractivity (Wildman–Crippen MR) is 137 cm³/mol. The van der Waals surface area contributed by atoms with Gasteiger partial charge in [-0.3, -0.25) is 14.6 Å². The number of ether oxygens (including phenoxy) is 1. The molecule has 15 heteroatoms. The topological polar surface area (TPSA) is 146 Å². The molecule has 4 rings (SSSR count). The molecule has 1 atom stereocenters. The van der Waals surface area contributed by atoms with Gasteiger partial charge in [0.15, 0.2) is 22.2 Å². The maximum atomic E-state index is 15.5. The summed E-state index contributed by atoms with van der Waals surface area (Å²) >= 11 is 5.85. The van der Waals surface area contributed by atoms with Gasteiger partial charge in [-0.2, -0.15) is 5.10 Å². The lowest BCUT2D eigenvalue weighted by atomic mass is 10.0. The Kier molecular flexibility index (Phi) is 7.99. The van der Waals surface area contributed by atoms with E-state index in [1.54, 1.807) is 6.92 Å². The Morgan fingerprint density at radius 1 is 1.21 bits per heavy atom. The minimum absolute atomic E-state index is 0.0396. The maximum Gasteiger partial charge on any atom is 0.272 e. The fourth-order valence-corrected chi connectivity index (χ4v) is 5.24. The summed E-state index contributed by atoms with van der Waals surface area (Å²) in [7, 11) is -3.36. The number of carbonyl (C=O) groups excluding carboxylic acids is 1. The maximum absolute atomic E-state index is 15.5. The number of methoxy groups -OCH3 is 1. The van der Waals surface area contributed by atoms with E-state index < -0.39 is 61.1 Å². The highest BCUT2D eigenvalue weighted by Gasteiger charge is 2.27. The number of aliphatic hydroxyl groups is 1. The number of carbonyl (C=O) groups is 1. The molecule has 39 heavy (non-hydrogen) atoms. The summed E-state index contributed by atoms with van der Waals surface area (Å²) in [6.07, 6.45) is 1.43. The smallest absolute Gasteiger partial charge is 0.272 e. The van der Waals surface area contributed by atoms with E-state index in [0.29, 0.717) is 0 Å². The van der Waals surface area contributed by atoms with Crippen LogP contribution in [0.3, 0.4) is 0 Å². The van der Waals surface area contributed by atoms with E-state index in [-0.39, 0.29) is 40.5 Å². The molecule has 0 spiro atoms. The van der Waals surface area contributed by atoms with E-state index in [4.69, 9.17) is 21.4 Å². The second kappa shape index (κ2) is 11.1. The van der Waals surface area contributed by atoms with Crippen molar-refractivity contribution in [2.75, 3.05) is 18.4 Å². The fraction of sp³-hybridized carbons (Fsp3) is 0.208. The van der Waals surface area contributed by atoms with Crippen LogP contribution in [0.5, 0.6) is 5.88 Å². The number of aliphatic hydroxyl groups excluding tert-OH is 1. The highest BCUT2D eigenvalue weighted by atomic mass is 35.5. The quantitative estimate of drug-likeness (QED) is 0.233. The Morgan fingerprint density at radius 2 is 1.95 bits per heavy atom. The minimum atomic E-state index is -4.53. The molecule has 1 unspecified atom stereocenters. The molecule has 0 radical (unpaired) electrons. The van der Waals surface area contributed by atoms with E-state index in [9.17, 15) is 17.6 Å². The van der Waals surface area contributed by atoms with Crippen molar-refractivity contribution in [3.63, 3.8) is 0 Å². The van der Waals surface area contributed by atoms with E-state index in [1.165, 1.54) is 13.2 Å². The van der Waals surface area contributed by atoms with Crippen LogP contribution in [0, 0.1) is 17.5 Å². The normalized spacial score (nSPS) is 12.4. The number of halogens is 4. The third kappa shape index (κ3) is 5.48. The van der Waals surface area contributed by atoms with Crippen LogP contribution in [0.4, 0.5) is 18.9 Å². The van der Waals surface area contributed by atoms with E-state index >= 15 is 8.78 Å². The fourth-order valence-electron chi connectivity index (χ4n) is 3.81. The van der Waals surface area contributed by atoms with Gasteiger partial charge in [0.2, 0.25) is 5.88 Å². The molecule has 0 fully saturated rings. The van der Waals surface area contributed by atoms with Crippen LogP contribution in [0.1, 0.15) is 23.8 Å². The van der Waals surface area contributed by atoms with Crippen LogP contribution in [0.2, 0.25) is 5.02 Å². The molecule has 10 nitrogen and oxygen atoms in total.